The van der Waals surface area contributed by atoms with Gasteiger partial charge in [0.25, 0.3) is 0 Å². The number of fused-ring (bicyclic) bond motifs is 1. The molecule has 1 aromatic rings. The standard InChI is InChI=1S/C17H26N2O3S/c1-6-22-17(21)14-12-8-7-10(2)9-13(12)23-16(14)18-15(20)11(3)19(4)5/h10-11H,6-9H2,1-5H3,(H,18,20)/t10-,11+/m1/s1. The summed E-state index contributed by atoms with van der Waals surface area (Å²) in [6, 6.07) is -0.261. The lowest BCUT2D eigenvalue weighted by molar-refractivity contribution is -0.119. The number of hydrogen-bond acceptors (Lipinski definition) is 5. The third-order valence-corrected chi connectivity index (χ3v) is 5.55. The number of anilines is 1. The topological polar surface area (TPSA) is 58.6 Å². The van der Waals surface area contributed by atoms with Crippen molar-refractivity contribution in [3.05, 3.63) is 16.0 Å². The summed E-state index contributed by atoms with van der Waals surface area (Å²) in [6.45, 7) is 6.19. The normalized spacial score (nSPS) is 18.4. The summed E-state index contributed by atoms with van der Waals surface area (Å²) in [4.78, 5) is 27.8. The molecular formula is C17H26N2O3S. The second-order valence-electron chi connectivity index (χ2n) is 6.41. The van der Waals surface area contributed by atoms with Gasteiger partial charge < -0.3 is 10.1 Å². The average Bonchev–Trinajstić information content (AvgIpc) is 2.83. The summed E-state index contributed by atoms with van der Waals surface area (Å²) in [7, 11) is 3.72. The van der Waals surface area contributed by atoms with Gasteiger partial charge in [-0.25, -0.2) is 4.79 Å². The van der Waals surface area contributed by atoms with Gasteiger partial charge in [0.1, 0.15) is 5.00 Å². The van der Waals surface area contributed by atoms with Crippen molar-refractivity contribution < 1.29 is 14.3 Å². The number of amides is 1. The highest BCUT2D eigenvalue weighted by molar-refractivity contribution is 7.17. The number of likely N-dealkylation sites (N-methyl/N-ethyl adjacent to an activating group) is 1. The highest BCUT2D eigenvalue weighted by atomic mass is 32.1. The van der Waals surface area contributed by atoms with Crippen molar-refractivity contribution in [2.45, 2.75) is 46.1 Å². The average molecular weight is 338 g/mol. The Morgan fingerprint density at radius 1 is 1.43 bits per heavy atom. The molecule has 1 N–H and O–H groups in total. The minimum absolute atomic E-state index is 0.104. The number of nitrogens with zero attached hydrogens (tertiary/aromatic N) is 1. The number of hydrogen-bond donors (Lipinski definition) is 1. The zero-order valence-corrected chi connectivity index (χ0v) is 15.4. The Balaban J connectivity index is 2.34. The van der Waals surface area contributed by atoms with E-state index in [2.05, 4.69) is 12.2 Å². The molecule has 0 spiro atoms. The Morgan fingerprint density at radius 3 is 2.74 bits per heavy atom. The molecule has 0 bridgehead atoms. The third-order valence-electron chi connectivity index (χ3n) is 4.38. The lowest BCUT2D eigenvalue weighted by Gasteiger charge is -2.19. The number of carbonyl (C=O) groups is 2. The summed E-state index contributed by atoms with van der Waals surface area (Å²) in [6.07, 6.45) is 2.91. The van der Waals surface area contributed by atoms with Crippen molar-refractivity contribution in [1.29, 1.82) is 0 Å². The molecule has 0 aromatic carbocycles. The van der Waals surface area contributed by atoms with E-state index in [4.69, 9.17) is 4.74 Å². The van der Waals surface area contributed by atoms with Crippen LogP contribution in [0.25, 0.3) is 0 Å². The minimum Gasteiger partial charge on any atom is -0.462 e. The van der Waals surface area contributed by atoms with E-state index in [1.54, 1.807) is 6.92 Å². The molecule has 1 aliphatic rings. The Labute approximate surface area is 142 Å². The summed E-state index contributed by atoms with van der Waals surface area (Å²) in [5.41, 5.74) is 1.64. The Bertz CT molecular complexity index is 595. The Morgan fingerprint density at radius 2 is 2.13 bits per heavy atom. The number of thiophene rings is 1. The van der Waals surface area contributed by atoms with E-state index in [1.807, 2.05) is 25.9 Å². The van der Waals surface area contributed by atoms with Crippen LogP contribution in [0, 0.1) is 5.92 Å². The quantitative estimate of drug-likeness (QED) is 0.839. The molecule has 1 aromatic heterocycles. The van der Waals surface area contributed by atoms with Crippen LogP contribution in [0.4, 0.5) is 5.00 Å². The zero-order valence-electron chi connectivity index (χ0n) is 14.6. The maximum Gasteiger partial charge on any atom is 0.341 e. The number of carbonyl (C=O) groups excluding carboxylic acids is 2. The van der Waals surface area contributed by atoms with E-state index in [0.717, 1.165) is 24.8 Å². The van der Waals surface area contributed by atoms with Gasteiger partial charge in [-0.3, -0.25) is 9.69 Å². The zero-order chi connectivity index (χ0) is 17.1. The van der Waals surface area contributed by atoms with E-state index in [1.165, 1.54) is 16.2 Å². The first-order chi connectivity index (χ1) is 10.8. The summed E-state index contributed by atoms with van der Waals surface area (Å²) >= 11 is 1.53. The Kier molecular flexibility index (Phi) is 5.81. The molecule has 1 aliphatic carbocycles. The fourth-order valence-corrected chi connectivity index (χ4v) is 4.11. The molecule has 23 heavy (non-hydrogen) atoms. The lowest BCUT2D eigenvalue weighted by Crippen LogP contribution is -2.37. The molecule has 2 atom stereocenters. The second kappa shape index (κ2) is 7.45. The summed E-state index contributed by atoms with van der Waals surface area (Å²) in [5.74, 6) is 0.181. The van der Waals surface area contributed by atoms with E-state index >= 15 is 0 Å². The van der Waals surface area contributed by atoms with Crippen molar-refractivity contribution in [3.8, 4) is 0 Å². The molecule has 0 saturated carbocycles. The summed E-state index contributed by atoms with van der Waals surface area (Å²) in [5, 5.41) is 3.58. The lowest BCUT2D eigenvalue weighted by atomic mass is 9.88. The van der Waals surface area contributed by atoms with Gasteiger partial charge in [0.15, 0.2) is 0 Å². The molecule has 0 unspecified atom stereocenters. The first-order valence-corrected chi connectivity index (χ1v) is 8.95. The van der Waals surface area contributed by atoms with Crippen LogP contribution in [-0.2, 0) is 22.4 Å². The highest BCUT2D eigenvalue weighted by Gasteiger charge is 2.29. The van der Waals surface area contributed by atoms with Gasteiger partial charge in [-0.2, -0.15) is 0 Å². The van der Waals surface area contributed by atoms with Crippen LogP contribution < -0.4 is 5.32 Å². The summed E-state index contributed by atoms with van der Waals surface area (Å²) < 4.78 is 5.22. The second-order valence-corrected chi connectivity index (χ2v) is 7.51. The predicted molar refractivity (Wildman–Crippen MR) is 93.2 cm³/mol. The van der Waals surface area contributed by atoms with E-state index in [-0.39, 0.29) is 17.9 Å². The molecule has 128 valence electrons. The van der Waals surface area contributed by atoms with Gasteiger partial charge in [-0.1, -0.05) is 6.92 Å². The minimum atomic E-state index is -0.327. The van der Waals surface area contributed by atoms with Crippen LogP contribution in [0.15, 0.2) is 0 Å². The van der Waals surface area contributed by atoms with Crippen molar-refractivity contribution in [1.82, 2.24) is 4.90 Å². The predicted octanol–water partition coefficient (Wildman–Crippen LogP) is 2.94. The van der Waals surface area contributed by atoms with Crippen molar-refractivity contribution >= 4 is 28.2 Å². The molecule has 0 saturated heterocycles. The van der Waals surface area contributed by atoms with Crippen LogP contribution in [0.2, 0.25) is 0 Å². The van der Waals surface area contributed by atoms with E-state index < -0.39 is 0 Å². The SMILES string of the molecule is CCOC(=O)c1c(NC(=O)[C@H](C)N(C)C)sc2c1CC[C@@H](C)C2. The van der Waals surface area contributed by atoms with Gasteiger partial charge in [0.05, 0.1) is 18.2 Å². The molecule has 1 heterocycles. The van der Waals surface area contributed by atoms with Crippen LogP contribution in [0.5, 0.6) is 0 Å². The molecule has 0 fully saturated rings. The molecule has 0 radical (unpaired) electrons. The molecule has 2 rings (SSSR count). The van der Waals surface area contributed by atoms with E-state index in [0.29, 0.717) is 23.1 Å². The molecule has 0 aliphatic heterocycles. The van der Waals surface area contributed by atoms with Gasteiger partial charge in [0.2, 0.25) is 5.91 Å². The van der Waals surface area contributed by atoms with Crippen LogP contribution in [-0.4, -0.2) is 43.5 Å². The maximum absolute atomic E-state index is 12.4. The fraction of sp³-hybridized carbons (Fsp3) is 0.647. The Hall–Kier alpha value is -1.40. The maximum atomic E-state index is 12.4. The largest absolute Gasteiger partial charge is 0.462 e. The van der Waals surface area contributed by atoms with Gasteiger partial charge >= 0.3 is 5.97 Å². The molecular weight excluding hydrogens is 312 g/mol. The van der Waals surface area contributed by atoms with Crippen molar-refractivity contribution in [2.75, 3.05) is 26.0 Å². The van der Waals surface area contributed by atoms with Crippen LogP contribution in [0.1, 0.15) is 48.0 Å². The smallest absolute Gasteiger partial charge is 0.341 e. The molecule has 1 amide bonds. The third kappa shape index (κ3) is 3.93. The number of esters is 1. The van der Waals surface area contributed by atoms with Crippen LogP contribution >= 0.6 is 11.3 Å². The first kappa shape index (κ1) is 17.9. The first-order valence-electron chi connectivity index (χ1n) is 8.14. The van der Waals surface area contributed by atoms with Crippen LogP contribution in [0.3, 0.4) is 0 Å². The van der Waals surface area contributed by atoms with Gasteiger partial charge in [-0.05, 0) is 58.7 Å². The molecule has 5 nitrogen and oxygen atoms in total. The monoisotopic (exact) mass is 338 g/mol. The number of nitrogens with one attached hydrogen (secondary N) is 1. The van der Waals surface area contributed by atoms with Crippen molar-refractivity contribution in [3.63, 3.8) is 0 Å². The van der Waals surface area contributed by atoms with Gasteiger partial charge in [0, 0.05) is 4.88 Å². The van der Waals surface area contributed by atoms with Crippen molar-refractivity contribution in [2.24, 2.45) is 5.92 Å². The highest BCUT2D eigenvalue weighted by Crippen LogP contribution is 2.40. The molecule has 6 heteroatoms. The van der Waals surface area contributed by atoms with E-state index in [9.17, 15) is 9.59 Å². The fourth-order valence-electron chi connectivity index (χ4n) is 2.71. The van der Waals surface area contributed by atoms with Gasteiger partial charge in [-0.15, -0.1) is 11.3 Å². The number of ether oxygens (including phenoxy) is 1. The number of rotatable bonds is 5.